The van der Waals surface area contributed by atoms with Gasteiger partial charge in [0.15, 0.2) is 0 Å². The van der Waals surface area contributed by atoms with E-state index in [1.54, 1.807) is 29.9 Å². The largest absolute Gasteiger partial charge is 0.360 e. The quantitative estimate of drug-likeness (QED) is 0.466. The zero-order chi connectivity index (χ0) is 19.7. The molecule has 0 saturated carbocycles. The molecule has 2 amide bonds. The molecule has 4 aromatic rings. The van der Waals surface area contributed by atoms with E-state index in [2.05, 4.69) is 20.9 Å². The standard InChI is InChI=1S/C20H16ClN5O2/c1-12-16(11-23-26(12)14-8-6-13(21)7-9-14)19(27)24-25-20(28)17-10-22-18-5-3-2-4-15(17)18/h2-11,22H,1H3,(H,24,27)(H,25,28). The third kappa shape index (κ3) is 3.23. The second kappa shape index (κ2) is 7.21. The number of nitrogens with zero attached hydrogens (tertiary/aromatic N) is 2. The number of hydrogen-bond acceptors (Lipinski definition) is 3. The first-order valence-electron chi connectivity index (χ1n) is 8.52. The lowest BCUT2D eigenvalue weighted by atomic mass is 10.2. The highest BCUT2D eigenvalue weighted by Gasteiger charge is 2.17. The molecule has 4 rings (SSSR count). The molecule has 0 spiro atoms. The van der Waals surface area contributed by atoms with Crippen LogP contribution in [0.5, 0.6) is 0 Å². The number of carbonyl (C=O) groups excluding carboxylic acids is 2. The smallest absolute Gasteiger partial charge is 0.273 e. The third-order valence-electron chi connectivity index (χ3n) is 4.45. The Morgan fingerprint density at radius 3 is 2.43 bits per heavy atom. The number of aromatic nitrogens is 3. The first-order chi connectivity index (χ1) is 13.5. The van der Waals surface area contributed by atoms with Crippen molar-refractivity contribution in [3.63, 3.8) is 0 Å². The van der Waals surface area contributed by atoms with Crippen LogP contribution in [0.2, 0.25) is 5.02 Å². The first kappa shape index (κ1) is 17.8. The van der Waals surface area contributed by atoms with Crippen molar-refractivity contribution in [2.24, 2.45) is 0 Å². The van der Waals surface area contributed by atoms with Gasteiger partial charge in [-0.05, 0) is 37.3 Å². The van der Waals surface area contributed by atoms with E-state index in [-0.39, 0.29) is 0 Å². The summed E-state index contributed by atoms with van der Waals surface area (Å²) in [4.78, 5) is 27.9. The Balaban J connectivity index is 1.48. The molecule has 28 heavy (non-hydrogen) atoms. The molecule has 0 aliphatic rings. The Labute approximate surface area is 165 Å². The summed E-state index contributed by atoms with van der Waals surface area (Å²) >= 11 is 5.91. The molecule has 3 N–H and O–H groups in total. The van der Waals surface area contributed by atoms with Crippen LogP contribution < -0.4 is 10.9 Å². The van der Waals surface area contributed by atoms with E-state index in [1.807, 2.05) is 36.4 Å². The number of halogens is 1. The summed E-state index contributed by atoms with van der Waals surface area (Å²) in [7, 11) is 0. The van der Waals surface area contributed by atoms with E-state index < -0.39 is 11.8 Å². The van der Waals surface area contributed by atoms with Gasteiger partial charge in [-0.3, -0.25) is 20.4 Å². The van der Waals surface area contributed by atoms with Gasteiger partial charge in [0.05, 0.1) is 28.7 Å². The van der Waals surface area contributed by atoms with Crippen molar-refractivity contribution in [2.75, 3.05) is 0 Å². The summed E-state index contributed by atoms with van der Waals surface area (Å²) in [5.74, 6) is -0.862. The monoisotopic (exact) mass is 393 g/mol. The molecule has 2 heterocycles. The average Bonchev–Trinajstić information content (AvgIpc) is 3.30. The van der Waals surface area contributed by atoms with Crippen LogP contribution in [0.3, 0.4) is 0 Å². The van der Waals surface area contributed by atoms with E-state index in [1.165, 1.54) is 6.20 Å². The van der Waals surface area contributed by atoms with Crippen molar-refractivity contribution in [2.45, 2.75) is 6.92 Å². The maximum atomic E-state index is 12.5. The number of para-hydroxylation sites is 1. The fourth-order valence-corrected chi connectivity index (χ4v) is 3.11. The van der Waals surface area contributed by atoms with Crippen LogP contribution in [0.1, 0.15) is 26.4 Å². The van der Waals surface area contributed by atoms with E-state index >= 15 is 0 Å². The Kier molecular flexibility index (Phi) is 4.58. The SMILES string of the molecule is Cc1c(C(=O)NNC(=O)c2c[nH]c3ccccc23)cnn1-c1ccc(Cl)cc1. The number of hydrogen-bond donors (Lipinski definition) is 3. The predicted molar refractivity (Wildman–Crippen MR) is 107 cm³/mol. The minimum Gasteiger partial charge on any atom is -0.360 e. The van der Waals surface area contributed by atoms with Gasteiger partial charge in [0, 0.05) is 22.1 Å². The summed E-state index contributed by atoms with van der Waals surface area (Å²) in [5, 5.41) is 5.65. The normalized spacial score (nSPS) is 10.8. The molecule has 2 aromatic heterocycles. The lowest BCUT2D eigenvalue weighted by Crippen LogP contribution is -2.41. The number of nitrogens with one attached hydrogen (secondary N) is 3. The fourth-order valence-electron chi connectivity index (χ4n) is 2.98. The highest BCUT2D eigenvalue weighted by Crippen LogP contribution is 2.18. The molecular formula is C20H16ClN5O2. The summed E-state index contributed by atoms with van der Waals surface area (Å²) in [6.45, 7) is 1.78. The van der Waals surface area contributed by atoms with Gasteiger partial charge in [-0.2, -0.15) is 5.10 Å². The van der Waals surface area contributed by atoms with Crippen LogP contribution in [0, 0.1) is 6.92 Å². The molecule has 0 fully saturated rings. The molecule has 0 bridgehead atoms. The van der Waals surface area contributed by atoms with E-state index in [0.717, 1.165) is 16.6 Å². The molecule has 8 heteroatoms. The topological polar surface area (TPSA) is 91.8 Å². The fraction of sp³-hybridized carbons (Fsp3) is 0.0500. The number of aromatic amines is 1. The predicted octanol–water partition coefficient (Wildman–Crippen LogP) is 3.39. The minimum atomic E-state index is -0.453. The average molecular weight is 394 g/mol. The molecule has 0 radical (unpaired) electrons. The lowest BCUT2D eigenvalue weighted by Gasteiger charge is -2.08. The number of fused-ring (bicyclic) bond motifs is 1. The van der Waals surface area contributed by atoms with Gasteiger partial charge in [0.2, 0.25) is 0 Å². The zero-order valence-corrected chi connectivity index (χ0v) is 15.6. The van der Waals surface area contributed by atoms with Gasteiger partial charge in [-0.15, -0.1) is 0 Å². The van der Waals surface area contributed by atoms with Crippen LogP contribution >= 0.6 is 11.6 Å². The van der Waals surface area contributed by atoms with Crippen molar-refractivity contribution in [1.29, 1.82) is 0 Å². The van der Waals surface area contributed by atoms with Gasteiger partial charge in [0.1, 0.15) is 0 Å². The Bertz CT molecular complexity index is 1180. The second-order valence-electron chi connectivity index (χ2n) is 6.19. The van der Waals surface area contributed by atoms with Crippen LogP contribution in [0.15, 0.2) is 60.9 Å². The van der Waals surface area contributed by atoms with Crippen LogP contribution in [0.25, 0.3) is 16.6 Å². The Morgan fingerprint density at radius 2 is 1.68 bits per heavy atom. The molecule has 140 valence electrons. The maximum absolute atomic E-state index is 12.5. The molecule has 0 saturated heterocycles. The molecule has 2 aromatic carbocycles. The summed E-state index contributed by atoms with van der Waals surface area (Å²) in [6.07, 6.45) is 3.06. The van der Waals surface area contributed by atoms with Gasteiger partial charge >= 0.3 is 0 Å². The Morgan fingerprint density at radius 1 is 1.00 bits per heavy atom. The molecule has 0 atom stereocenters. The molecule has 0 unspecified atom stereocenters. The number of H-pyrrole nitrogens is 1. The van der Waals surface area contributed by atoms with E-state index in [9.17, 15) is 9.59 Å². The summed E-state index contributed by atoms with van der Waals surface area (Å²) in [5.41, 5.74) is 7.96. The van der Waals surface area contributed by atoms with Crippen LogP contribution in [-0.2, 0) is 0 Å². The van der Waals surface area contributed by atoms with Crippen molar-refractivity contribution in [3.8, 4) is 5.69 Å². The van der Waals surface area contributed by atoms with E-state index in [4.69, 9.17) is 11.6 Å². The number of amides is 2. The summed E-state index contributed by atoms with van der Waals surface area (Å²) in [6, 6.07) is 14.6. The van der Waals surface area contributed by atoms with Gasteiger partial charge in [-0.25, -0.2) is 4.68 Å². The van der Waals surface area contributed by atoms with Crippen molar-refractivity contribution >= 4 is 34.3 Å². The minimum absolute atomic E-state index is 0.356. The number of carbonyl (C=O) groups is 2. The van der Waals surface area contributed by atoms with Gasteiger partial charge in [0.25, 0.3) is 11.8 Å². The maximum Gasteiger partial charge on any atom is 0.273 e. The molecule has 0 aliphatic heterocycles. The van der Waals surface area contributed by atoms with Crippen molar-refractivity contribution in [1.82, 2.24) is 25.6 Å². The first-order valence-corrected chi connectivity index (χ1v) is 8.90. The molecule has 0 aliphatic carbocycles. The van der Waals surface area contributed by atoms with Crippen LogP contribution in [0.4, 0.5) is 0 Å². The van der Waals surface area contributed by atoms with Crippen LogP contribution in [-0.4, -0.2) is 26.6 Å². The Hall–Kier alpha value is -3.58. The number of hydrazine groups is 1. The number of rotatable bonds is 3. The summed E-state index contributed by atoms with van der Waals surface area (Å²) < 4.78 is 1.63. The van der Waals surface area contributed by atoms with Gasteiger partial charge < -0.3 is 4.98 Å². The number of benzene rings is 2. The highest BCUT2D eigenvalue weighted by atomic mass is 35.5. The zero-order valence-electron chi connectivity index (χ0n) is 14.9. The molecule has 7 nitrogen and oxygen atoms in total. The van der Waals surface area contributed by atoms with Crippen molar-refractivity contribution < 1.29 is 9.59 Å². The highest BCUT2D eigenvalue weighted by molar-refractivity contribution is 6.30. The lowest BCUT2D eigenvalue weighted by molar-refractivity contribution is 0.0847. The third-order valence-corrected chi connectivity index (χ3v) is 4.70. The van der Waals surface area contributed by atoms with E-state index in [0.29, 0.717) is 21.8 Å². The van der Waals surface area contributed by atoms with Crippen molar-refractivity contribution in [3.05, 3.63) is 82.8 Å². The van der Waals surface area contributed by atoms with Gasteiger partial charge in [-0.1, -0.05) is 29.8 Å². The second-order valence-corrected chi connectivity index (χ2v) is 6.62. The molecular weight excluding hydrogens is 378 g/mol.